The fourth-order valence-electron chi connectivity index (χ4n) is 3.33. The summed E-state index contributed by atoms with van der Waals surface area (Å²) in [5.41, 5.74) is 3.44. The van der Waals surface area contributed by atoms with Gasteiger partial charge in [0.15, 0.2) is 0 Å². The molecular weight excluding hydrogens is 284 g/mol. The fourth-order valence-corrected chi connectivity index (χ4v) is 3.33. The summed E-state index contributed by atoms with van der Waals surface area (Å²) in [5.74, 6) is 0.752. The van der Waals surface area contributed by atoms with Gasteiger partial charge in [-0.25, -0.2) is 0 Å². The first-order valence-electron chi connectivity index (χ1n) is 8.41. The molecule has 1 aliphatic heterocycles. The maximum atomic E-state index is 4.45. The lowest BCUT2D eigenvalue weighted by Gasteiger charge is -2.21. The molecule has 0 bridgehead atoms. The van der Waals surface area contributed by atoms with E-state index in [1.807, 2.05) is 19.3 Å². The second kappa shape index (κ2) is 7.66. The molecule has 0 spiro atoms. The Morgan fingerprint density at radius 3 is 2.74 bits per heavy atom. The van der Waals surface area contributed by atoms with Gasteiger partial charge >= 0.3 is 0 Å². The molecule has 0 N–H and O–H groups in total. The summed E-state index contributed by atoms with van der Waals surface area (Å²) in [4.78, 5) is 13.7. The minimum atomic E-state index is 0.752. The highest BCUT2D eigenvalue weighted by molar-refractivity contribution is 5.14. The molecule has 0 aliphatic carbocycles. The van der Waals surface area contributed by atoms with Crippen LogP contribution in [0.4, 0.5) is 0 Å². The third-order valence-corrected chi connectivity index (χ3v) is 4.46. The van der Waals surface area contributed by atoms with Crippen LogP contribution < -0.4 is 0 Å². The SMILES string of the molecule is Cc1cnc(CN(C)CC2CCN(Cc3ccccc3)C2)cn1. The summed E-state index contributed by atoms with van der Waals surface area (Å²) in [7, 11) is 2.18. The summed E-state index contributed by atoms with van der Waals surface area (Å²) in [5, 5.41) is 0. The van der Waals surface area contributed by atoms with E-state index in [1.54, 1.807) is 0 Å². The molecule has 0 saturated carbocycles. The minimum absolute atomic E-state index is 0.752. The van der Waals surface area contributed by atoms with Gasteiger partial charge in [0.05, 0.1) is 11.4 Å². The zero-order valence-electron chi connectivity index (χ0n) is 14.2. The summed E-state index contributed by atoms with van der Waals surface area (Å²) in [6, 6.07) is 10.8. The predicted octanol–water partition coefficient (Wildman–Crippen LogP) is 2.74. The van der Waals surface area contributed by atoms with Gasteiger partial charge in [-0.15, -0.1) is 0 Å². The minimum Gasteiger partial charge on any atom is -0.300 e. The van der Waals surface area contributed by atoms with E-state index in [4.69, 9.17) is 0 Å². The largest absolute Gasteiger partial charge is 0.300 e. The van der Waals surface area contributed by atoms with Crippen LogP contribution in [0.25, 0.3) is 0 Å². The van der Waals surface area contributed by atoms with E-state index in [-0.39, 0.29) is 0 Å². The van der Waals surface area contributed by atoms with Gasteiger partial charge in [0.1, 0.15) is 0 Å². The summed E-state index contributed by atoms with van der Waals surface area (Å²) in [6.07, 6.45) is 5.03. The molecule has 122 valence electrons. The number of likely N-dealkylation sites (tertiary alicyclic amines) is 1. The van der Waals surface area contributed by atoms with E-state index in [2.05, 4.69) is 57.1 Å². The first kappa shape index (κ1) is 16.1. The van der Waals surface area contributed by atoms with Gasteiger partial charge in [-0.05, 0) is 38.4 Å². The molecule has 0 amide bonds. The summed E-state index contributed by atoms with van der Waals surface area (Å²) in [6.45, 7) is 7.45. The van der Waals surface area contributed by atoms with Gasteiger partial charge < -0.3 is 4.90 Å². The van der Waals surface area contributed by atoms with Crippen LogP contribution in [0.3, 0.4) is 0 Å². The van der Waals surface area contributed by atoms with Crippen LogP contribution in [0.5, 0.6) is 0 Å². The van der Waals surface area contributed by atoms with E-state index >= 15 is 0 Å². The molecule has 23 heavy (non-hydrogen) atoms. The Hall–Kier alpha value is -1.78. The normalized spacial score (nSPS) is 18.7. The molecule has 1 fully saturated rings. The maximum Gasteiger partial charge on any atom is 0.0726 e. The topological polar surface area (TPSA) is 32.3 Å². The standard InChI is InChI=1S/C19H26N4/c1-16-10-21-19(11-20-16)15-22(2)12-18-8-9-23(14-18)13-17-6-4-3-5-7-17/h3-7,10-11,18H,8-9,12-15H2,1-2H3. The van der Waals surface area contributed by atoms with Crippen molar-refractivity contribution >= 4 is 0 Å². The van der Waals surface area contributed by atoms with Gasteiger partial charge in [0, 0.05) is 38.6 Å². The van der Waals surface area contributed by atoms with E-state index in [1.165, 1.54) is 25.1 Å². The van der Waals surface area contributed by atoms with E-state index in [0.29, 0.717) is 0 Å². The zero-order chi connectivity index (χ0) is 16.1. The van der Waals surface area contributed by atoms with Gasteiger partial charge in [-0.1, -0.05) is 30.3 Å². The zero-order valence-corrected chi connectivity index (χ0v) is 14.2. The highest BCUT2D eigenvalue weighted by atomic mass is 15.2. The van der Waals surface area contributed by atoms with Crippen LogP contribution >= 0.6 is 0 Å². The quantitative estimate of drug-likeness (QED) is 0.821. The third-order valence-electron chi connectivity index (χ3n) is 4.46. The maximum absolute atomic E-state index is 4.45. The molecule has 2 aromatic rings. The first-order valence-corrected chi connectivity index (χ1v) is 8.41. The van der Waals surface area contributed by atoms with Crippen LogP contribution in [-0.2, 0) is 13.1 Å². The van der Waals surface area contributed by atoms with E-state index < -0.39 is 0 Å². The van der Waals surface area contributed by atoms with Crippen molar-refractivity contribution in [2.45, 2.75) is 26.4 Å². The van der Waals surface area contributed by atoms with Gasteiger partial charge in [0.25, 0.3) is 0 Å². The van der Waals surface area contributed by atoms with Crippen molar-refractivity contribution in [3.8, 4) is 0 Å². The fraction of sp³-hybridized carbons (Fsp3) is 0.474. The van der Waals surface area contributed by atoms with Crippen LogP contribution in [0.15, 0.2) is 42.7 Å². The van der Waals surface area contributed by atoms with Gasteiger partial charge in [-0.3, -0.25) is 14.9 Å². The van der Waals surface area contributed by atoms with E-state index in [0.717, 1.165) is 36.9 Å². The lowest BCUT2D eigenvalue weighted by Crippen LogP contribution is -2.28. The van der Waals surface area contributed by atoms with Crippen molar-refractivity contribution in [3.63, 3.8) is 0 Å². The van der Waals surface area contributed by atoms with E-state index in [9.17, 15) is 0 Å². The van der Waals surface area contributed by atoms with Crippen molar-refractivity contribution in [3.05, 3.63) is 59.7 Å². The van der Waals surface area contributed by atoms with Crippen molar-refractivity contribution in [1.29, 1.82) is 0 Å². The Bertz CT molecular complexity index is 597. The lowest BCUT2D eigenvalue weighted by atomic mass is 10.1. The summed E-state index contributed by atoms with van der Waals surface area (Å²) < 4.78 is 0. The monoisotopic (exact) mass is 310 g/mol. The second-order valence-corrected chi connectivity index (χ2v) is 6.72. The molecule has 1 saturated heterocycles. The number of rotatable bonds is 6. The Balaban J connectivity index is 1.45. The average molecular weight is 310 g/mol. The van der Waals surface area contributed by atoms with Crippen molar-refractivity contribution < 1.29 is 0 Å². The number of nitrogens with zero attached hydrogens (tertiary/aromatic N) is 4. The predicted molar refractivity (Wildman–Crippen MR) is 92.9 cm³/mol. The Labute approximate surface area is 139 Å². The van der Waals surface area contributed by atoms with Crippen LogP contribution in [0, 0.1) is 12.8 Å². The second-order valence-electron chi connectivity index (χ2n) is 6.72. The number of aromatic nitrogens is 2. The molecule has 1 atom stereocenters. The van der Waals surface area contributed by atoms with Crippen molar-refractivity contribution in [2.75, 3.05) is 26.7 Å². The van der Waals surface area contributed by atoms with Crippen molar-refractivity contribution in [2.24, 2.45) is 5.92 Å². The van der Waals surface area contributed by atoms with Crippen LogP contribution in [0.1, 0.15) is 23.4 Å². The molecule has 1 unspecified atom stereocenters. The molecule has 1 aromatic heterocycles. The number of benzene rings is 1. The number of aryl methyl sites for hydroxylation is 1. The molecular formula is C19H26N4. The molecule has 4 nitrogen and oxygen atoms in total. The molecule has 1 aliphatic rings. The smallest absolute Gasteiger partial charge is 0.0726 e. The lowest BCUT2D eigenvalue weighted by molar-refractivity contribution is 0.252. The first-order chi connectivity index (χ1) is 11.2. The Morgan fingerprint density at radius 1 is 1.17 bits per heavy atom. The highest BCUT2D eigenvalue weighted by Gasteiger charge is 2.23. The Morgan fingerprint density at radius 2 is 2.00 bits per heavy atom. The average Bonchev–Trinajstić information content (AvgIpc) is 2.97. The van der Waals surface area contributed by atoms with Crippen molar-refractivity contribution in [1.82, 2.24) is 19.8 Å². The number of hydrogen-bond acceptors (Lipinski definition) is 4. The Kier molecular flexibility index (Phi) is 5.36. The molecule has 3 rings (SSSR count). The number of hydrogen-bond donors (Lipinski definition) is 0. The molecule has 0 radical (unpaired) electrons. The van der Waals surface area contributed by atoms with Gasteiger partial charge in [0.2, 0.25) is 0 Å². The van der Waals surface area contributed by atoms with Gasteiger partial charge in [-0.2, -0.15) is 0 Å². The highest BCUT2D eigenvalue weighted by Crippen LogP contribution is 2.19. The molecule has 4 heteroatoms. The molecule has 1 aromatic carbocycles. The third kappa shape index (κ3) is 4.85. The van der Waals surface area contributed by atoms with Crippen LogP contribution in [0.2, 0.25) is 0 Å². The van der Waals surface area contributed by atoms with Crippen LogP contribution in [-0.4, -0.2) is 46.4 Å². The molecule has 2 heterocycles. The summed E-state index contributed by atoms with van der Waals surface area (Å²) >= 11 is 0.